The summed E-state index contributed by atoms with van der Waals surface area (Å²) in [5.74, 6) is 1.14. The second-order valence-corrected chi connectivity index (χ2v) is 13.0. The molecule has 0 aromatic carbocycles. The lowest BCUT2D eigenvalue weighted by atomic mass is 9.72. The summed E-state index contributed by atoms with van der Waals surface area (Å²) in [7, 11) is 0. The molecule has 0 bridgehead atoms. The number of rotatable bonds is 17. The summed E-state index contributed by atoms with van der Waals surface area (Å²) in [6.45, 7) is 36.1. The van der Waals surface area contributed by atoms with Crippen molar-refractivity contribution in [2.75, 3.05) is 26.2 Å². The molecule has 0 saturated heterocycles. The molecule has 4 heteroatoms. The maximum Gasteiger partial charge on any atom is 0.0687 e. The van der Waals surface area contributed by atoms with E-state index in [1.807, 2.05) is 6.92 Å². The average molecular weight is 464 g/mol. The minimum atomic E-state index is -0.413. The van der Waals surface area contributed by atoms with E-state index in [1.165, 1.54) is 0 Å². The maximum atomic E-state index is 10.3. The molecule has 0 spiro atoms. The number of nitrogens with zero attached hydrogens (tertiary/aromatic N) is 1. The molecule has 0 aliphatic carbocycles. The van der Waals surface area contributed by atoms with Crippen molar-refractivity contribution in [3.05, 3.63) is 30.8 Å². The van der Waals surface area contributed by atoms with E-state index in [0.717, 1.165) is 38.2 Å². The second kappa shape index (κ2) is 13.6. The van der Waals surface area contributed by atoms with Crippen LogP contribution in [0.15, 0.2) is 30.8 Å². The first kappa shape index (κ1) is 31.8. The van der Waals surface area contributed by atoms with Gasteiger partial charge in [0.15, 0.2) is 0 Å². The normalized spacial score (nSPS) is 15.5. The zero-order valence-electron chi connectivity index (χ0n) is 23.9. The van der Waals surface area contributed by atoms with E-state index in [9.17, 15) is 5.11 Å². The van der Waals surface area contributed by atoms with Gasteiger partial charge in [0.05, 0.1) is 11.8 Å². The smallest absolute Gasteiger partial charge is 0.0687 e. The molecule has 0 rings (SSSR count). The summed E-state index contributed by atoms with van der Waals surface area (Å²) in [4.78, 5) is 2.35. The van der Waals surface area contributed by atoms with Crippen LogP contribution in [0.3, 0.4) is 0 Å². The van der Waals surface area contributed by atoms with Gasteiger partial charge in [-0.3, -0.25) is 0 Å². The van der Waals surface area contributed by atoms with Gasteiger partial charge in [0.2, 0.25) is 0 Å². The molecule has 33 heavy (non-hydrogen) atoms. The van der Waals surface area contributed by atoms with E-state index < -0.39 is 6.10 Å². The molecule has 4 nitrogen and oxygen atoms in total. The van der Waals surface area contributed by atoms with Crippen molar-refractivity contribution in [1.82, 2.24) is 15.5 Å². The quantitative estimate of drug-likeness (QED) is 0.225. The van der Waals surface area contributed by atoms with Gasteiger partial charge in [-0.05, 0) is 48.6 Å². The van der Waals surface area contributed by atoms with Crippen LogP contribution >= 0.6 is 0 Å². The zero-order chi connectivity index (χ0) is 26.0. The third-order valence-corrected chi connectivity index (χ3v) is 6.57. The van der Waals surface area contributed by atoms with Crippen molar-refractivity contribution in [2.24, 2.45) is 28.1 Å². The van der Waals surface area contributed by atoms with E-state index in [0.29, 0.717) is 24.4 Å². The summed E-state index contributed by atoms with van der Waals surface area (Å²) >= 11 is 0. The Morgan fingerprint density at radius 2 is 1.58 bits per heavy atom. The fraction of sp³-hybridized carbons (Fsp3) is 0.828. The van der Waals surface area contributed by atoms with Crippen LogP contribution in [0, 0.1) is 28.1 Å². The number of hydrogen-bond acceptors (Lipinski definition) is 4. The van der Waals surface area contributed by atoms with Gasteiger partial charge in [-0.15, -0.1) is 5.73 Å². The summed E-state index contributed by atoms with van der Waals surface area (Å²) in [6.07, 6.45) is 3.48. The van der Waals surface area contributed by atoms with Gasteiger partial charge in [0.1, 0.15) is 0 Å². The highest BCUT2D eigenvalue weighted by molar-refractivity contribution is 5.12. The molecule has 0 aromatic rings. The molecule has 194 valence electrons. The highest BCUT2D eigenvalue weighted by atomic mass is 16.3. The van der Waals surface area contributed by atoms with Gasteiger partial charge >= 0.3 is 0 Å². The van der Waals surface area contributed by atoms with Gasteiger partial charge in [0, 0.05) is 37.6 Å². The minimum Gasteiger partial charge on any atom is -0.392 e. The summed E-state index contributed by atoms with van der Waals surface area (Å²) in [6, 6.07) is 0.473. The molecule has 0 amide bonds. The SMILES string of the molecule is C=C=C(N(CC(C)O)CC(C)(C)CC(C)C(C)CNC=C)C(C)(C)CC(C)(C)CNC(C)C. The third kappa shape index (κ3) is 12.7. The lowest BCUT2D eigenvalue weighted by Crippen LogP contribution is -2.44. The van der Waals surface area contributed by atoms with Crippen LogP contribution < -0.4 is 10.6 Å². The fourth-order valence-corrected chi connectivity index (χ4v) is 5.28. The molecule has 0 radical (unpaired) electrons. The van der Waals surface area contributed by atoms with Crippen molar-refractivity contribution in [2.45, 2.75) is 101 Å². The van der Waals surface area contributed by atoms with Gasteiger partial charge < -0.3 is 20.6 Å². The lowest BCUT2D eigenvalue weighted by molar-refractivity contribution is 0.0823. The molecule has 0 aromatic heterocycles. The molecule has 0 heterocycles. The van der Waals surface area contributed by atoms with Crippen LogP contribution in [0.5, 0.6) is 0 Å². The number of hydrogen-bond donors (Lipinski definition) is 3. The molecule has 3 N–H and O–H groups in total. The number of nitrogens with one attached hydrogen (secondary N) is 2. The molecule has 0 saturated carbocycles. The summed E-state index contributed by atoms with van der Waals surface area (Å²) < 4.78 is 0. The molecular formula is C29H57N3O. The average Bonchev–Trinajstić information content (AvgIpc) is 2.62. The second-order valence-electron chi connectivity index (χ2n) is 13.0. The standard InChI is InChI=1S/C29H57N3O/c1-14-26(29(12,13)19-28(10,11)20-31-22(3)4)32(18-25(7)33)21-27(8,9)16-23(5)24(6)17-30-15-2/h15,22-25,30-31,33H,1-2,16-21H2,3-13H3. The Morgan fingerprint density at radius 1 is 1.00 bits per heavy atom. The topological polar surface area (TPSA) is 47.5 Å². The predicted octanol–water partition coefficient (Wildman–Crippen LogP) is 6.20. The highest BCUT2D eigenvalue weighted by Crippen LogP contribution is 2.41. The van der Waals surface area contributed by atoms with Crippen LogP contribution in [0.2, 0.25) is 0 Å². The molecule has 0 fully saturated rings. The van der Waals surface area contributed by atoms with Crippen molar-refractivity contribution < 1.29 is 5.11 Å². The maximum absolute atomic E-state index is 10.3. The molecular weight excluding hydrogens is 406 g/mol. The first-order chi connectivity index (χ1) is 15.0. The zero-order valence-corrected chi connectivity index (χ0v) is 23.9. The van der Waals surface area contributed by atoms with Gasteiger partial charge in [-0.1, -0.05) is 82.4 Å². The summed E-state index contributed by atoms with van der Waals surface area (Å²) in [5.41, 5.74) is 4.52. The first-order valence-electron chi connectivity index (χ1n) is 12.9. The molecule has 3 atom stereocenters. The molecule has 0 aliphatic heterocycles. The van der Waals surface area contributed by atoms with Gasteiger partial charge in [0.25, 0.3) is 0 Å². The first-order valence-corrected chi connectivity index (χ1v) is 12.9. The number of aliphatic hydroxyl groups is 1. The number of allylic oxidation sites excluding steroid dienone is 1. The van der Waals surface area contributed by atoms with Crippen molar-refractivity contribution >= 4 is 0 Å². The minimum absolute atomic E-state index is 0.0869. The van der Waals surface area contributed by atoms with E-state index in [-0.39, 0.29) is 16.2 Å². The Kier molecular flexibility index (Phi) is 13.1. The van der Waals surface area contributed by atoms with Crippen molar-refractivity contribution in [1.29, 1.82) is 0 Å². The van der Waals surface area contributed by atoms with Crippen molar-refractivity contribution in [3.63, 3.8) is 0 Å². The Labute approximate surface area is 207 Å². The lowest BCUT2D eigenvalue weighted by Gasteiger charge is -2.44. The van der Waals surface area contributed by atoms with Crippen LogP contribution in [-0.2, 0) is 0 Å². The monoisotopic (exact) mass is 463 g/mol. The van der Waals surface area contributed by atoms with Crippen LogP contribution in [0.4, 0.5) is 0 Å². The highest BCUT2D eigenvalue weighted by Gasteiger charge is 2.36. The van der Waals surface area contributed by atoms with E-state index in [4.69, 9.17) is 0 Å². The fourth-order valence-electron chi connectivity index (χ4n) is 5.28. The molecule has 0 aliphatic rings. The third-order valence-electron chi connectivity index (χ3n) is 6.57. The van der Waals surface area contributed by atoms with Crippen LogP contribution in [0.25, 0.3) is 0 Å². The van der Waals surface area contributed by atoms with Crippen LogP contribution in [0.1, 0.15) is 89.0 Å². The largest absolute Gasteiger partial charge is 0.392 e. The number of aliphatic hydroxyl groups excluding tert-OH is 1. The Bertz CT molecular complexity index is 627. The summed E-state index contributed by atoms with van der Waals surface area (Å²) in [5, 5.41) is 17.2. The Balaban J connectivity index is 5.64. The Hall–Kier alpha value is -1.22. The van der Waals surface area contributed by atoms with Gasteiger partial charge in [-0.2, -0.15) is 0 Å². The van der Waals surface area contributed by atoms with E-state index in [1.54, 1.807) is 6.20 Å². The predicted molar refractivity (Wildman–Crippen MR) is 146 cm³/mol. The molecule has 3 unspecified atom stereocenters. The van der Waals surface area contributed by atoms with E-state index in [2.05, 4.69) is 104 Å². The van der Waals surface area contributed by atoms with Gasteiger partial charge in [-0.25, -0.2) is 0 Å². The Morgan fingerprint density at radius 3 is 2.03 bits per heavy atom. The van der Waals surface area contributed by atoms with E-state index >= 15 is 0 Å². The van der Waals surface area contributed by atoms with Crippen molar-refractivity contribution in [3.8, 4) is 0 Å². The van der Waals surface area contributed by atoms with Crippen LogP contribution in [-0.4, -0.2) is 48.3 Å².